The zero-order valence-electron chi connectivity index (χ0n) is 17.9. The van der Waals surface area contributed by atoms with E-state index < -0.39 is 36.0 Å². The molecule has 0 heterocycles. The predicted octanol–water partition coefficient (Wildman–Crippen LogP) is 5.77. The Morgan fingerprint density at radius 3 is 1.67 bits per heavy atom. The van der Waals surface area contributed by atoms with Crippen LogP contribution in [-0.2, 0) is 19.1 Å². The van der Waals surface area contributed by atoms with Crippen LogP contribution in [0.2, 0.25) is 20.1 Å². The Hall–Kier alpha value is -3.30. The number of nitrogens with one attached hydrogen (secondary N) is 1. The summed E-state index contributed by atoms with van der Waals surface area (Å²) in [7, 11) is 0. The predicted molar refractivity (Wildman–Crippen MR) is 134 cm³/mol. The number of hydrogen-bond acceptors (Lipinski definition) is 6. The van der Waals surface area contributed by atoms with Crippen molar-refractivity contribution >= 4 is 75.9 Å². The Bertz CT molecular complexity index is 1330. The molecular formula is C24H15Cl4NO7. The molecule has 0 aromatic heterocycles. The molecule has 1 amide bonds. The highest BCUT2D eigenvalue weighted by molar-refractivity contribution is 6.37. The van der Waals surface area contributed by atoms with E-state index in [0.717, 1.165) is 0 Å². The van der Waals surface area contributed by atoms with Crippen molar-refractivity contribution in [1.29, 1.82) is 0 Å². The van der Waals surface area contributed by atoms with Gasteiger partial charge in [0.05, 0.1) is 31.9 Å². The molecule has 0 aliphatic carbocycles. The van der Waals surface area contributed by atoms with Crippen molar-refractivity contribution < 1.29 is 33.8 Å². The van der Waals surface area contributed by atoms with E-state index in [1.54, 1.807) is 12.1 Å². The minimum atomic E-state index is -2.27. The van der Waals surface area contributed by atoms with Gasteiger partial charge in [0.1, 0.15) is 0 Å². The van der Waals surface area contributed by atoms with Crippen LogP contribution < -0.4 is 5.32 Å². The number of anilines is 1. The molecular weight excluding hydrogens is 556 g/mol. The van der Waals surface area contributed by atoms with Gasteiger partial charge in [0.2, 0.25) is 12.2 Å². The van der Waals surface area contributed by atoms with Crippen LogP contribution in [-0.4, -0.2) is 41.1 Å². The van der Waals surface area contributed by atoms with E-state index >= 15 is 0 Å². The molecule has 0 unspecified atom stereocenters. The first-order valence-electron chi connectivity index (χ1n) is 9.98. The van der Waals surface area contributed by atoms with Crippen LogP contribution in [0.15, 0.2) is 66.7 Å². The molecule has 3 aromatic carbocycles. The second-order valence-corrected chi connectivity index (χ2v) is 8.72. The first-order valence-corrected chi connectivity index (χ1v) is 11.5. The third-order valence-electron chi connectivity index (χ3n) is 4.62. The summed E-state index contributed by atoms with van der Waals surface area (Å²) < 4.78 is 10.3. The zero-order valence-corrected chi connectivity index (χ0v) is 20.9. The smallest absolute Gasteiger partial charge is 0.349 e. The lowest BCUT2D eigenvalue weighted by atomic mass is 10.1. The van der Waals surface area contributed by atoms with Crippen molar-refractivity contribution in [3.63, 3.8) is 0 Å². The summed E-state index contributed by atoms with van der Waals surface area (Å²) in [5, 5.41) is 12.4. The number of rotatable bonds is 8. The number of halogens is 4. The van der Waals surface area contributed by atoms with Crippen molar-refractivity contribution in [3.05, 3.63) is 97.9 Å². The Morgan fingerprint density at radius 1 is 0.694 bits per heavy atom. The molecule has 0 saturated carbocycles. The molecule has 0 spiro atoms. The van der Waals surface area contributed by atoms with Gasteiger partial charge in [0.25, 0.3) is 5.91 Å². The molecule has 2 atom stereocenters. The van der Waals surface area contributed by atoms with E-state index in [1.165, 1.54) is 54.6 Å². The molecule has 3 aromatic rings. The standard InChI is InChI=1S/C24H15Cl4NO7/c25-12-9-10-18(17(28)11-12)29-21(30)19(35-23(33)13-5-1-3-7-15(13)26)20(22(31)32)36-24(34)14-6-2-4-8-16(14)27/h1-11,19-20H,(H,29,30)(H,31,32)/t19-,20-/m1/s1. The number of hydrogen-bond donors (Lipinski definition) is 2. The number of aliphatic carboxylic acids is 1. The van der Waals surface area contributed by atoms with Gasteiger partial charge in [-0.2, -0.15) is 0 Å². The molecule has 0 aliphatic rings. The number of amides is 1. The average molecular weight is 571 g/mol. The second kappa shape index (κ2) is 12.1. The fourth-order valence-corrected chi connectivity index (χ4v) is 3.78. The summed E-state index contributed by atoms with van der Waals surface area (Å²) in [6.07, 6.45) is -4.43. The molecule has 0 saturated heterocycles. The highest BCUT2D eigenvalue weighted by Crippen LogP contribution is 2.27. The maximum absolute atomic E-state index is 13.1. The summed E-state index contributed by atoms with van der Waals surface area (Å²) in [6, 6.07) is 15.5. The van der Waals surface area contributed by atoms with E-state index in [-0.39, 0.29) is 36.9 Å². The van der Waals surface area contributed by atoms with Crippen LogP contribution in [0.4, 0.5) is 5.69 Å². The molecule has 12 heteroatoms. The first kappa shape index (κ1) is 27.3. The van der Waals surface area contributed by atoms with E-state index in [2.05, 4.69) is 5.32 Å². The van der Waals surface area contributed by atoms with Gasteiger partial charge in [-0.15, -0.1) is 0 Å². The molecule has 8 nitrogen and oxygen atoms in total. The van der Waals surface area contributed by atoms with E-state index in [9.17, 15) is 24.3 Å². The quantitative estimate of drug-likeness (QED) is 0.330. The Balaban J connectivity index is 1.96. The fraction of sp³-hybridized carbons (Fsp3) is 0.0833. The van der Waals surface area contributed by atoms with E-state index in [4.69, 9.17) is 55.9 Å². The van der Waals surface area contributed by atoms with Crippen LogP contribution >= 0.6 is 46.4 Å². The molecule has 0 fully saturated rings. The SMILES string of the molecule is O=C(O[C@@H](C(=O)O)[C@@H](OC(=O)c1ccccc1Cl)C(=O)Nc1ccc(Cl)cc1Cl)c1ccccc1Cl. The Labute approximate surface area is 224 Å². The number of carbonyl (C=O) groups excluding carboxylic acids is 3. The summed E-state index contributed by atoms with van der Waals surface area (Å²) in [5.74, 6) is -5.23. The minimum absolute atomic E-state index is 0.0117. The highest BCUT2D eigenvalue weighted by Gasteiger charge is 2.41. The number of carboxylic acids is 1. The van der Waals surface area contributed by atoms with E-state index in [0.29, 0.717) is 0 Å². The normalized spacial score (nSPS) is 12.2. The highest BCUT2D eigenvalue weighted by atomic mass is 35.5. The van der Waals surface area contributed by atoms with Gasteiger partial charge in [-0.05, 0) is 42.5 Å². The summed E-state index contributed by atoms with van der Waals surface area (Å²) in [5.41, 5.74) is -0.280. The topological polar surface area (TPSA) is 119 Å². The van der Waals surface area contributed by atoms with Gasteiger partial charge >= 0.3 is 17.9 Å². The third-order valence-corrected chi connectivity index (χ3v) is 5.83. The number of carboxylic acid groups (broad SMARTS) is 1. The lowest BCUT2D eigenvalue weighted by molar-refractivity contribution is -0.157. The van der Waals surface area contributed by atoms with Crippen molar-refractivity contribution in [1.82, 2.24) is 0 Å². The van der Waals surface area contributed by atoms with Gasteiger partial charge in [-0.1, -0.05) is 70.7 Å². The van der Waals surface area contributed by atoms with Crippen LogP contribution in [0, 0.1) is 0 Å². The van der Waals surface area contributed by atoms with Gasteiger partial charge in [-0.25, -0.2) is 14.4 Å². The average Bonchev–Trinajstić information content (AvgIpc) is 2.83. The van der Waals surface area contributed by atoms with Gasteiger partial charge in [0.15, 0.2) is 0 Å². The monoisotopic (exact) mass is 569 g/mol. The molecule has 0 aliphatic heterocycles. The van der Waals surface area contributed by atoms with Gasteiger partial charge < -0.3 is 19.9 Å². The fourth-order valence-electron chi connectivity index (χ4n) is 2.90. The molecule has 2 N–H and O–H groups in total. The van der Waals surface area contributed by atoms with Crippen molar-refractivity contribution in [2.24, 2.45) is 0 Å². The second-order valence-electron chi connectivity index (χ2n) is 7.06. The van der Waals surface area contributed by atoms with Crippen molar-refractivity contribution in [2.75, 3.05) is 5.32 Å². The number of carbonyl (C=O) groups is 4. The maximum Gasteiger partial charge on any atom is 0.349 e. The molecule has 0 radical (unpaired) electrons. The Kier molecular flexibility index (Phi) is 9.17. The van der Waals surface area contributed by atoms with Crippen LogP contribution in [0.1, 0.15) is 20.7 Å². The van der Waals surface area contributed by atoms with Gasteiger partial charge in [0, 0.05) is 5.02 Å². The van der Waals surface area contributed by atoms with Crippen LogP contribution in [0.25, 0.3) is 0 Å². The molecule has 36 heavy (non-hydrogen) atoms. The Morgan fingerprint density at radius 2 is 1.19 bits per heavy atom. The van der Waals surface area contributed by atoms with Crippen LogP contribution in [0.5, 0.6) is 0 Å². The minimum Gasteiger partial charge on any atom is -0.478 e. The molecule has 0 bridgehead atoms. The third kappa shape index (κ3) is 6.67. The zero-order chi connectivity index (χ0) is 26.4. The van der Waals surface area contributed by atoms with Gasteiger partial charge in [-0.3, -0.25) is 4.79 Å². The van der Waals surface area contributed by atoms with E-state index in [1.807, 2.05) is 0 Å². The van der Waals surface area contributed by atoms with Crippen molar-refractivity contribution in [3.8, 4) is 0 Å². The number of esters is 2. The largest absolute Gasteiger partial charge is 0.478 e. The van der Waals surface area contributed by atoms with Crippen molar-refractivity contribution in [2.45, 2.75) is 12.2 Å². The molecule has 3 rings (SSSR count). The summed E-state index contributed by atoms with van der Waals surface area (Å²) in [6.45, 7) is 0. The molecule has 186 valence electrons. The lowest BCUT2D eigenvalue weighted by Crippen LogP contribution is -2.48. The first-order chi connectivity index (χ1) is 17.1. The summed E-state index contributed by atoms with van der Waals surface area (Å²) in [4.78, 5) is 50.7. The van der Waals surface area contributed by atoms with Crippen LogP contribution in [0.3, 0.4) is 0 Å². The lowest BCUT2D eigenvalue weighted by Gasteiger charge is -2.24. The number of benzene rings is 3. The maximum atomic E-state index is 13.1. The summed E-state index contributed by atoms with van der Waals surface area (Å²) >= 11 is 24.0. The number of ether oxygens (including phenoxy) is 2.